The van der Waals surface area contributed by atoms with Crippen LogP contribution in [0, 0.1) is 0 Å². The van der Waals surface area contributed by atoms with Crippen LogP contribution in [0.15, 0.2) is 42.5 Å². The van der Waals surface area contributed by atoms with Gasteiger partial charge >= 0.3 is 6.03 Å². The molecule has 1 unspecified atom stereocenters. The number of anilines is 1. The van der Waals surface area contributed by atoms with Gasteiger partial charge in [-0.15, -0.1) is 0 Å². The van der Waals surface area contributed by atoms with E-state index in [9.17, 15) is 19.2 Å². The highest BCUT2D eigenvalue weighted by Gasteiger charge is 2.49. The number of urea groups is 1. The van der Waals surface area contributed by atoms with Gasteiger partial charge in [-0.3, -0.25) is 19.3 Å². The Balaban J connectivity index is 1.45. The molecule has 10 nitrogen and oxygen atoms in total. The number of amides is 5. The van der Waals surface area contributed by atoms with E-state index in [1.807, 2.05) is 0 Å². The Bertz CT molecular complexity index is 1080. The van der Waals surface area contributed by atoms with Crippen LogP contribution in [0.4, 0.5) is 10.5 Å². The summed E-state index contributed by atoms with van der Waals surface area (Å²) in [5.41, 5.74) is 0.0492. The van der Waals surface area contributed by atoms with E-state index in [0.29, 0.717) is 28.3 Å². The first-order valence-corrected chi connectivity index (χ1v) is 9.48. The summed E-state index contributed by atoms with van der Waals surface area (Å²) in [7, 11) is 1.52. The van der Waals surface area contributed by atoms with E-state index in [4.69, 9.17) is 9.47 Å². The third-order valence-electron chi connectivity index (χ3n) is 5.18. The van der Waals surface area contributed by atoms with E-state index in [-0.39, 0.29) is 12.7 Å². The van der Waals surface area contributed by atoms with Crippen LogP contribution >= 0.6 is 0 Å². The number of hydrogen-bond acceptors (Lipinski definition) is 6. The molecule has 5 amide bonds. The van der Waals surface area contributed by atoms with Crippen LogP contribution in [-0.2, 0) is 15.1 Å². The first-order valence-electron chi connectivity index (χ1n) is 9.48. The molecule has 2 aromatic carbocycles. The number of benzene rings is 2. The highest BCUT2D eigenvalue weighted by molar-refractivity contribution is 6.10. The number of nitrogens with one attached hydrogen (secondary N) is 3. The number of nitrogens with zero attached hydrogens (tertiary/aromatic N) is 1. The van der Waals surface area contributed by atoms with Gasteiger partial charge < -0.3 is 25.4 Å². The van der Waals surface area contributed by atoms with Gasteiger partial charge in [-0.05, 0) is 48.9 Å². The summed E-state index contributed by atoms with van der Waals surface area (Å²) in [5, 5.41) is 7.77. The van der Waals surface area contributed by atoms with Crippen LogP contribution in [0.1, 0.15) is 22.8 Å². The molecular formula is C21H20N4O6. The number of rotatable bonds is 5. The molecule has 10 heteroatoms. The molecule has 3 N–H and O–H groups in total. The van der Waals surface area contributed by atoms with Crippen molar-refractivity contribution in [2.45, 2.75) is 12.5 Å². The highest BCUT2D eigenvalue weighted by atomic mass is 16.7. The molecule has 1 saturated heterocycles. The zero-order valence-corrected chi connectivity index (χ0v) is 16.9. The molecule has 1 fully saturated rings. The van der Waals surface area contributed by atoms with E-state index in [2.05, 4.69) is 16.0 Å². The van der Waals surface area contributed by atoms with Crippen LogP contribution in [0.2, 0.25) is 0 Å². The minimum absolute atomic E-state index is 0.0895. The van der Waals surface area contributed by atoms with Crippen molar-refractivity contribution in [1.29, 1.82) is 0 Å². The number of carbonyl (C=O) groups excluding carboxylic acids is 4. The Hall–Kier alpha value is -4.08. The van der Waals surface area contributed by atoms with Crippen molar-refractivity contribution >= 4 is 29.4 Å². The molecule has 0 radical (unpaired) electrons. The maximum absolute atomic E-state index is 13.0. The van der Waals surface area contributed by atoms with Crippen molar-refractivity contribution in [3.8, 4) is 11.5 Å². The molecule has 160 valence electrons. The Labute approximate surface area is 177 Å². The Morgan fingerprint density at radius 1 is 1.10 bits per heavy atom. The van der Waals surface area contributed by atoms with Crippen LogP contribution in [0.25, 0.3) is 0 Å². The molecule has 1 atom stereocenters. The fourth-order valence-electron chi connectivity index (χ4n) is 3.44. The average molecular weight is 424 g/mol. The van der Waals surface area contributed by atoms with E-state index >= 15 is 0 Å². The Morgan fingerprint density at radius 3 is 2.52 bits per heavy atom. The molecule has 2 aliphatic rings. The number of carbonyl (C=O) groups is 4. The standard InChI is InChI=1S/C21H20N4O6/c1-21(13-5-8-15-16(9-13)31-11-30-15)19(28)25(20(29)24-21)10-17(26)23-14-6-3-12(4-7-14)18(27)22-2/h3-9H,10-11H2,1-2H3,(H,22,27)(H,23,26)(H,24,29). The summed E-state index contributed by atoms with van der Waals surface area (Å²) < 4.78 is 10.6. The predicted molar refractivity (Wildman–Crippen MR) is 109 cm³/mol. The van der Waals surface area contributed by atoms with Crippen LogP contribution in [0.3, 0.4) is 0 Å². The van der Waals surface area contributed by atoms with E-state index in [1.165, 1.54) is 7.05 Å². The third kappa shape index (κ3) is 3.63. The smallest absolute Gasteiger partial charge is 0.325 e. The number of imide groups is 1. The first kappa shape index (κ1) is 20.2. The van der Waals surface area contributed by atoms with Crippen molar-refractivity contribution in [2.24, 2.45) is 0 Å². The van der Waals surface area contributed by atoms with Gasteiger partial charge in [0.2, 0.25) is 12.7 Å². The number of hydrogen-bond donors (Lipinski definition) is 3. The van der Waals surface area contributed by atoms with Gasteiger partial charge in [0.05, 0.1) is 0 Å². The average Bonchev–Trinajstić information content (AvgIpc) is 3.32. The van der Waals surface area contributed by atoms with Crippen LogP contribution in [-0.4, -0.2) is 49.0 Å². The molecule has 0 aromatic heterocycles. The van der Waals surface area contributed by atoms with Gasteiger partial charge in [-0.1, -0.05) is 6.07 Å². The first-order chi connectivity index (χ1) is 14.8. The second kappa shape index (κ2) is 7.63. The van der Waals surface area contributed by atoms with Crippen LogP contribution < -0.4 is 25.4 Å². The molecule has 0 aliphatic carbocycles. The maximum atomic E-state index is 13.0. The Morgan fingerprint density at radius 2 is 1.81 bits per heavy atom. The van der Waals surface area contributed by atoms with Gasteiger partial charge in [0.15, 0.2) is 11.5 Å². The lowest BCUT2D eigenvalue weighted by Gasteiger charge is -2.22. The van der Waals surface area contributed by atoms with Crippen molar-refractivity contribution in [3.05, 3.63) is 53.6 Å². The Kier molecular flexibility index (Phi) is 4.97. The molecule has 2 aromatic rings. The summed E-state index contributed by atoms with van der Waals surface area (Å²) in [5.74, 6) is -0.312. The molecular weight excluding hydrogens is 404 g/mol. The third-order valence-corrected chi connectivity index (χ3v) is 5.18. The van der Waals surface area contributed by atoms with E-state index < -0.39 is 29.9 Å². The van der Waals surface area contributed by atoms with Crippen molar-refractivity contribution in [2.75, 3.05) is 25.7 Å². The van der Waals surface area contributed by atoms with Crippen molar-refractivity contribution in [1.82, 2.24) is 15.5 Å². The lowest BCUT2D eigenvalue weighted by atomic mass is 9.91. The molecule has 0 spiro atoms. The molecule has 0 saturated carbocycles. The fourth-order valence-corrected chi connectivity index (χ4v) is 3.44. The van der Waals surface area contributed by atoms with Crippen LogP contribution in [0.5, 0.6) is 11.5 Å². The minimum Gasteiger partial charge on any atom is -0.454 e. The van der Waals surface area contributed by atoms with Gasteiger partial charge in [0.1, 0.15) is 12.1 Å². The van der Waals surface area contributed by atoms with Gasteiger partial charge in [-0.25, -0.2) is 4.79 Å². The quantitative estimate of drug-likeness (QED) is 0.619. The molecule has 2 aliphatic heterocycles. The summed E-state index contributed by atoms with van der Waals surface area (Å²) in [6.45, 7) is 1.20. The fraction of sp³-hybridized carbons (Fsp3) is 0.238. The largest absolute Gasteiger partial charge is 0.454 e. The lowest BCUT2D eigenvalue weighted by Crippen LogP contribution is -2.42. The number of ether oxygens (including phenoxy) is 2. The predicted octanol–water partition coefficient (Wildman–Crippen LogP) is 1.18. The minimum atomic E-state index is -1.34. The monoisotopic (exact) mass is 424 g/mol. The van der Waals surface area contributed by atoms with Crippen molar-refractivity contribution < 1.29 is 28.7 Å². The van der Waals surface area contributed by atoms with Crippen molar-refractivity contribution in [3.63, 3.8) is 0 Å². The second-order valence-electron chi connectivity index (χ2n) is 7.22. The molecule has 0 bridgehead atoms. The zero-order chi connectivity index (χ0) is 22.2. The molecule has 31 heavy (non-hydrogen) atoms. The van der Waals surface area contributed by atoms with E-state index in [1.54, 1.807) is 49.4 Å². The number of fused-ring (bicyclic) bond motifs is 1. The van der Waals surface area contributed by atoms with E-state index in [0.717, 1.165) is 4.90 Å². The zero-order valence-electron chi connectivity index (χ0n) is 16.9. The van der Waals surface area contributed by atoms with Gasteiger partial charge in [0.25, 0.3) is 11.8 Å². The normalized spacial score (nSPS) is 19.2. The molecule has 4 rings (SSSR count). The highest BCUT2D eigenvalue weighted by Crippen LogP contribution is 2.37. The van der Waals surface area contributed by atoms with Gasteiger partial charge in [-0.2, -0.15) is 0 Å². The summed E-state index contributed by atoms with van der Waals surface area (Å²) >= 11 is 0. The van der Waals surface area contributed by atoms with Gasteiger partial charge in [0, 0.05) is 18.3 Å². The molecule has 2 heterocycles. The SMILES string of the molecule is CNC(=O)c1ccc(NC(=O)CN2C(=O)NC(C)(c3ccc4c(c3)OCO4)C2=O)cc1. The topological polar surface area (TPSA) is 126 Å². The summed E-state index contributed by atoms with van der Waals surface area (Å²) in [6, 6.07) is 10.5. The summed E-state index contributed by atoms with van der Waals surface area (Å²) in [4.78, 5) is 50.4. The lowest BCUT2D eigenvalue weighted by molar-refractivity contribution is -0.133. The maximum Gasteiger partial charge on any atom is 0.325 e. The second-order valence-corrected chi connectivity index (χ2v) is 7.22. The summed E-state index contributed by atoms with van der Waals surface area (Å²) in [6.07, 6.45) is 0.